The molecule has 0 aliphatic rings. The van der Waals surface area contributed by atoms with Gasteiger partial charge in [0.05, 0.1) is 5.69 Å². The molecule has 88 valence electrons. The van der Waals surface area contributed by atoms with E-state index in [1.54, 1.807) is 13.2 Å². The first kappa shape index (κ1) is 12.6. The lowest BCUT2D eigenvalue weighted by Crippen LogP contribution is -2.43. The van der Waals surface area contributed by atoms with E-state index in [0.29, 0.717) is 13.1 Å². The lowest BCUT2D eigenvalue weighted by atomic mass is 10.2. The highest BCUT2D eigenvalue weighted by Crippen LogP contribution is 1.99. The quantitative estimate of drug-likeness (QED) is 0.720. The fraction of sp³-hybridized carbons (Fsp3) is 0.455. The van der Waals surface area contributed by atoms with Crippen LogP contribution in [-0.2, 0) is 11.3 Å². The van der Waals surface area contributed by atoms with Crippen molar-refractivity contribution in [2.45, 2.75) is 12.6 Å². The molecule has 1 atom stereocenters. The third-order valence-electron chi connectivity index (χ3n) is 2.30. The average molecular weight is 223 g/mol. The second-order valence-electron chi connectivity index (χ2n) is 3.70. The van der Waals surface area contributed by atoms with Gasteiger partial charge in [0.2, 0.25) is 0 Å². The molecule has 5 heteroatoms. The van der Waals surface area contributed by atoms with Crippen LogP contribution < -0.4 is 5.32 Å². The summed E-state index contributed by atoms with van der Waals surface area (Å²) in [7, 11) is 3.52. The smallest absolute Gasteiger partial charge is 0.322 e. The van der Waals surface area contributed by atoms with Crippen LogP contribution >= 0.6 is 0 Å². The Morgan fingerprint density at radius 1 is 1.62 bits per heavy atom. The summed E-state index contributed by atoms with van der Waals surface area (Å²) in [6.07, 6.45) is 1.73. The van der Waals surface area contributed by atoms with Crippen LogP contribution in [0.1, 0.15) is 5.69 Å². The Kier molecular flexibility index (Phi) is 4.88. The molecular formula is C11H17N3O2. The zero-order chi connectivity index (χ0) is 12.0. The summed E-state index contributed by atoms with van der Waals surface area (Å²) < 4.78 is 0. The van der Waals surface area contributed by atoms with Crippen molar-refractivity contribution in [2.75, 3.05) is 20.6 Å². The number of carbonyl (C=O) groups is 1. The molecule has 1 rings (SSSR count). The number of hydrogen-bond donors (Lipinski definition) is 2. The first-order valence-electron chi connectivity index (χ1n) is 5.12. The van der Waals surface area contributed by atoms with Crippen molar-refractivity contribution in [1.29, 1.82) is 0 Å². The number of nitrogens with one attached hydrogen (secondary N) is 1. The van der Waals surface area contributed by atoms with Gasteiger partial charge in [-0.25, -0.2) is 0 Å². The lowest BCUT2D eigenvalue weighted by molar-refractivity contribution is -0.139. The van der Waals surface area contributed by atoms with Crippen molar-refractivity contribution >= 4 is 5.97 Å². The van der Waals surface area contributed by atoms with Gasteiger partial charge in [0, 0.05) is 19.3 Å². The molecule has 1 aromatic heterocycles. The molecule has 0 aromatic carbocycles. The maximum absolute atomic E-state index is 10.8. The maximum Gasteiger partial charge on any atom is 0.322 e. The zero-order valence-electron chi connectivity index (χ0n) is 9.55. The van der Waals surface area contributed by atoms with Gasteiger partial charge in [-0.3, -0.25) is 14.7 Å². The lowest BCUT2D eigenvalue weighted by Gasteiger charge is -2.20. The van der Waals surface area contributed by atoms with Gasteiger partial charge in [0.1, 0.15) is 6.04 Å². The SMILES string of the molecule is CNC(CN(C)Cc1ccccn1)C(=O)O. The number of likely N-dealkylation sites (N-methyl/N-ethyl adjacent to an activating group) is 2. The first-order chi connectivity index (χ1) is 7.63. The van der Waals surface area contributed by atoms with Crippen LogP contribution in [0.15, 0.2) is 24.4 Å². The average Bonchev–Trinajstić information content (AvgIpc) is 2.27. The molecule has 1 unspecified atom stereocenters. The molecule has 0 aliphatic heterocycles. The van der Waals surface area contributed by atoms with Crippen molar-refractivity contribution in [3.63, 3.8) is 0 Å². The van der Waals surface area contributed by atoms with Crippen molar-refractivity contribution in [1.82, 2.24) is 15.2 Å². The van der Waals surface area contributed by atoms with Crippen LogP contribution in [0, 0.1) is 0 Å². The highest BCUT2D eigenvalue weighted by molar-refractivity contribution is 5.73. The number of rotatable bonds is 6. The second kappa shape index (κ2) is 6.19. The van der Waals surface area contributed by atoms with Crippen molar-refractivity contribution in [2.24, 2.45) is 0 Å². The second-order valence-corrected chi connectivity index (χ2v) is 3.70. The maximum atomic E-state index is 10.8. The molecule has 2 N–H and O–H groups in total. The molecule has 0 bridgehead atoms. The Balaban J connectivity index is 2.47. The van der Waals surface area contributed by atoms with Crippen molar-refractivity contribution < 1.29 is 9.90 Å². The molecule has 0 saturated carbocycles. The van der Waals surface area contributed by atoms with Crippen LogP contribution in [0.5, 0.6) is 0 Å². The molecule has 16 heavy (non-hydrogen) atoms. The van der Waals surface area contributed by atoms with E-state index in [2.05, 4.69) is 10.3 Å². The van der Waals surface area contributed by atoms with Crippen LogP contribution in [0.25, 0.3) is 0 Å². The molecule has 1 aromatic rings. The topological polar surface area (TPSA) is 65.5 Å². The number of nitrogens with zero attached hydrogens (tertiary/aromatic N) is 2. The number of carboxylic acid groups (broad SMARTS) is 1. The van der Waals surface area contributed by atoms with E-state index in [4.69, 9.17) is 5.11 Å². The Morgan fingerprint density at radius 3 is 2.88 bits per heavy atom. The predicted octanol–water partition coefficient (Wildman–Crippen LogP) is 0.186. The molecule has 0 radical (unpaired) electrons. The van der Waals surface area contributed by atoms with E-state index in [9.17, 15) is 4.79 Å². The Hall–Kier alpha value is -1.46. The molecular weight excluding hydrogens is 206 g/mol. The highest BCUT2D eigenvalue weighted by Gasteiger charge is 2.16. The Bertz CT molecular complexity index is 329. The third-order valence-corrected chi connectivity index (χ3v) is 2.30. The predicted molar refractivity (Wildman–Crippen MR) is 61.1 cm³/mol. The molecule has 0 amide bonds. The Morgan fingerprint density at radius 2 is 2.38 bits per heavy atom. The van der Waals surface area contributed by atoms with Gasteiger partial charge >= 0.3 is 5.97 Å². The summed E-state index contributed by atoms with van der Waals surface area (Å²) in [5, 5.41) is 11.6. The van der Waals surface area contributed by atoms with Gasteiger partial charge in [-0.2, -0.15) is 0 Å². The van der Waals surface area contributed by atoms with Crippen molar-refractivity contribution in [3.05, 3.63) is 30.1 Å². The fourth-order valence-electron chi connectivity index (χ4n) is 1.44. The minimum Gasteiger partial charge on any atom is -0.480 e. The summed E-state index contributed by atoms with van der Waals surface area (Å²) in [5.74, 6) is -0.838. The number of pyridine rings is 1. The standard InChI is InChI=1S/C11H17N3O2/c1-12-10(11(15)16)8-14(2)7-9-5-3-4-6-13-9/h3-6,10,12H,7-8H2,1-2H3,(H,15,16). The Labute approximate surface area is 95.1 Å². The third kappa shape index (κ3) is 3.96. The summed E-state index contributed by atoms with van der Waals surface area (Å²) in [6.45, 7) is 1.09. The first-order valence-corrected chi connectivity index (χ1v) is 5.12. The van der Waals surface area contributed by atoms with E-state index < -0.39 is 12.0 Å². The van der Waals surface area contributed by atoms with Crippen LogP contribution in [0.4, 0.5) is 0 Å². The molecule has 0 aliphatic carbocycles. The summed E-state index contributed by atoms with van der Waals surface area (Å²) >= 11 is 0. The van der Waals surface area contributed by atoms with Gasteiger partial charge in [-0.1, -0.05) is 6.07 Å². The summed E-state index contributed by atoms with van der Waals surface area (Å²) in [4.78, 5) is 16.9. The van der Waals surface area contributed by atoms with Crippen LogP contribution in [0.3, 0.4) is 0 Å². The monoisotopic (exact) mass is 223 g/mol. The number of carboxylic acids is 1. The van der Waals surface area contributed by atoms with E-state index in [1.807, 2.05) is 30.1 Å². The van der Waals surface area contributed by atoms with Gasteiger partial charge in [0.15, 0.2) is 0 Å². The normalized spacial score (nSPS) is 12.7. The van der Waals surface area contributed by atoms with Gasteiger partial charge < -0.3 is 10.4 Å². The van der Waals surface area contributed by atoms with Gasteiger partial charge in [-0.05, 0) is 26.2 Å². The minimum absolute atomic E-state index is 0.447. The molecule has 0 fully saturated rings. The zero-order valence-corrected chi connectivity index (χ0v) is 9.55. The molecule has 1 heterocycles. The highest BCUT2D eigenvalue weighted by atomic mass is 16.4. The van der Waals surface area contributed by atoms with E-state index in [-0.39, 0.29) is 0 Å². The number of aromatic nitrogens is 1. The van der Waals surface area contributed by atoms with Crippen LogP contribution in [-0.4, -0.2) is 47.6 Å². The summed E-state index contributed by atoms with van der Waals surface area (Å²) in [6, 6.07) is 5.15. The van der Waals surface area contributed by atoms with Gasteiger partial charge in [-0.15, -0.1) is 0 Å². The van der Waals surface area contributed by atoms with E-state index in [0.717, 1.165) is 5.69 Å². The van der Waals surface area contributed by atoms with Gasteiger partial charge in [0.25, 0.3) is 0 Å². The van der Waals surface area contributed by atoms with Crippen molar-refractivity contribution in [3.8, 4) is 0 Å². The fourth-order valence-corrected chi connectivity index (χ4v) is 1.44. The number of aliphatic carboxylic acids is 1. The van der Waals surface area contributed by atoms with Crippen LogP contribution in [0.2, 0.25) is 0 Å². The summed E-state index contributed by atoms with van der Waals surface area (Å²) in [5.41, 5.74) is 0.935. The molecule has 5 nitrogen and oxygen atoms in total. The largest absolute Gasteiger partial charge is 0.480 e. The molecule has 0 spiro atoms. The van der Waals surface area contributed by atoms with E-state index >= 15 is 0 Å². The van der Waals surface area contributed by atoms with E-state index in [1.165, 1.54) is 0 Å². The molecule has 0 saturated heterocycles. The minimum atomic E-state index is -0.838. The number of hydrogen-bond acceptors (Lipinski definition) is 4.